The number of aliphatic hydroxyl groups is 1. The van der Waals surface area contributed by atoms with Crippen LogP contribution in [0.15, 0.2) is 35.1 Å². The first kappa shape index (κ1) is 35.1. The molecule has 0 amide bonds. The molecular formula is C36H58O8. The monoisotopic (exact) mass is 618 g/mol. The van der Waals surface area contributed by atoms with E-state index in [-0.39, 0.29) is 50.3 Å². The summed E-state index contributed by atoms with van der Waals surface area (Å²) in [5.41, 5.74) is 2.58. The van der Waals surface area contributed by atoms with E-state index in [4.69, 9.17) is 28.4 Å². The van der Waals surface area contributed by atoms with Crippen LogP contribution in [0, 0.1) is 29.6 Å². The zero-order valence-electron chi connectivity index (χ0n) is 27.7. The molecule has 250 valence electrons. The van der Waals surface area contributed by atoms with Crippen LogP contribution in [-0.4, -0.2) is 69.9 Å². The van der Waals surface area contributed by atoms with Gasteiger partial charge in [-0.3, -0.25) is 0 Å². The highest BCUT2D eigenvalue weighted by molar-refractivity contribution is 5.70. The molecule has 5 unspecified atom stereocenters. The van der Waals surface area contributed by atoms with Gasteiger partial charge >= 0.3 is 5.97 Å². The fraction of sp³-hybridized carbons (Fsp3) is 0.806. The summed E-state index contributed by atoms with van der Waals surface area (Å²) in [4.78, 5) is 11.6. The summed E-state index contributed by atoms with van der Waals surface area (Å²) in [7, 11) is 1.35. The van der Waals surface area contributed by atoms with Crippen LogP contribution in [0.5, 0.6) is 0 Å². The number of aliphatic hydroxyl groups excluding tert-OH is 1. The van der Waals surface area contributed by atoms with E-state index in [9.17, 15) is 9.90 Å². The maximum absolute atomic E-state index is 11.6. The first-order valence-corrected chi connectivity index (χ1v) is 17.2. The highest BCUT2D eigenvalue weighted by Crippen LogP contribution is 2.52. The van der Waals surface area contributed by atoms with Crippen LogP contribution in [0.3, 0.4) is 0 Å². The molecule has 4 aliphatic rings. The third-order valence-corrected chi connectivity index (χ3v) is 9.74. The molecule has 4 rings (SSSR count). The van der Waals surface area contributed by atoms with Crippen molar-refractivity contribution in [3.05, 3.63) is 35.1 Å². The van der Waals surface area contributed by atoms with Crippen molar-refractivity contribution in [2.75, 3.05) is 40.1 Å². The van der Waals surface area contributed by atoms with Gasteiger partial charge in [0.2, 0.25) is 0 Å². The van der Waals surface area contributed by atoms with Gasteiger partial charge in [0.25, 0.3) is 0 Å². The fourth-order valence-corrected chi connectivity index (χ4v) is 7.22. The molecule has 1 N–H and O–H groups in total. The van der Waals surface area contributed by atoms with Crippen molar-refractivity contribution in [1.29, 1.82) is 0 Å². The Hall–Kier alpha value is -1.71. The number of rotatable bonds is 17. The number of carbonyl (C=O) groups is 1. The Kier molecular flexibility index (Phi) is 14.7. The maximum atomic E-state index is 11.6. The van der Waals surface area contributed by atoms with E-state index in [1.165, 1.54) is 24.7 Å². The van der Waals surface area contributed by atoms with Crippen molar-refractivity contribution >= 4 is 5.97 Å². The molecule has 8 heteroatoms. The zero-order valence-corrected chi connectivity index (χ0v) is 27.7. The van der Waals surface area contributed by atoms with Crippen LogP contribution in [0.4, 0.5) is 0 Å². The van der Waals surface area contributed by atoms with E-state index in [2.05, 4.69) is 39.0 Å². The number of ether oxygens (including phenoxy) is 6. The van der Waals surface area contributed by atoms with Gasteiger partial charge in [-0.15, -0.1) is 0 Å². The van der Waals surface area contributed by atoms with Crippen molar-refractivity contribution < 1.29 is 38.3 Å². The highest BCUT2D eigenvalue weighted by atomic mass is 16.7. The molecule has 2 saturated heterocycles. The molecule has 2 aliphatic carbocycles. The second-order valence-corrected chi connectivity index (χ2v) is 13.5. The predicted molar refractivity (Wildman–Crippen MR) is 169 cm³/mol. The summed E-state index contributed by atoms with van der Waals surface area (Å²) < 4.78 is 36.0. The van der Waals surface area contributed by atoms with Gasteiger partial charge in [0.15, 0.2) is 12.6 Å². The molecule has 2 heterocycles. The molecule has 0 aromatic rings. The molecule has 1 saturated carbocycles. The van der Waals surface area contributed by atoms with Crippen molar-refractivity contribution in [3.8, 4) is 0 Å². The number of esters is 1. The molecule has 44 heavy (non-hydrogen) atoms. The summed E-state index contributed by atoms with van der Waals surface area (Å²) >= 11 is 0. The first-order chi connectivity index (χ1) is 21.4. The van der Waals surface area contributed by atoms with Crippen molar-refractivity contribution in [2.45, 2.75) is 117 Å². The lowest BCUT2D eigenvalue weighted by Crippen LogP contribution is -2.34. The van der Waals surface area contributed by atoms with Gasteiger partial charge < -0.3 is 33.5 Å². The Morgan fingerprint density at radius 3 is 2.39 bits per heavy atom. The first-order valence-electron chi connectivity index (χ1n) is 17.2. The summed E-state index contributed by atoms with van der Waals surface area (Å²) in [6.07, 6.45) is 19.0. The molecule has 8 atom stereocenters. The largest absolute Gasteiger partial charge is 0.469 e. The molecular weight excluding hydrogens is 560 g/mol. The second-order valence-electron chi connectivity index (χ2n) is 13.5. The number of hydrogen-bond donors (Lipinski definition) is 1. The quantitative estimate of drug-likeness (QED) is 0.107. The molecule has 3 fully saturated rings. The third kappa shape index (κ3) is 10.7. The SMILES string of the molecule is COC(=O)COCC(CO)C1=CC2C[C@@H](OC3CCCCO3)[C@H](C(=CCC[C@H](C)CCC=C(C)C)OC3CCCCO3)C2C1. The average molecular weight is 619 g/mol. The lowest BCUT2D eigenvalue weighted by atomic mass is 9.85. The zero-order chi connectivity index (χ0) is 31.3. The Balaban J connectivity index is 1.51. The summed E-state index contributed by atoms with van der Waals surface area (Å²) in [6.45, 7) is 8.32. The van der Waals surface area contributed by atoms with Crippen molar-refractivity contribution in [1.82, 2.24) is 0 Å². The van der Waals surface area contributed by atoms with Gasteiger partial charge in [0.05, 0.1) is 33.0 Å². The average Bonchev–Trinajstić information content (AvgIpc) is 3.57. The predicted octanol–water partition coefficient (Wildman–Crippen LogP) is 6.87. The third-order valence-electron chi connectivity index (χ3n) is 9.74. The van der Waals surface area contributed by atoms with Crippen LogP contribution in [-0.2, 0) is 33.2 Å². The van der Waals surface area contributed by atoms with Crippen LogP contribution >= 0.6 is 0 Å². The van der Waals surface area contributed by atoms with E-state index in [1.807, 2.05) is 0 Å². The van der Waals surface area contributed by atoms with Crippen LogP contribution < -0.4 is 0 Å². The van der Waals surface area contributed by atoms with Crippen LogP contribution in [0.1, 0.15) is 97.8 Å². The number of allylic oxidation sites excluding steroid dienone is 4. The van der Waals surface area contributed by atoms with Crippen molar-refractivity contribution in [3.63, 3.8) is 0 Å². The van der Waals surface area contributed by atoms with Gasteiger partial charge in [-0.05, 0) is 108 Å². The number of fused-ring (bicyclic) bond motifs is 1. The smallest absolute Gasteiger partial charge is 0.331 e. The maximum Gasteiger partial charge on any atom is 0.331 e. The number of carbonyl (C=O) groups excluding carboxylic acids is 1. The number of hydrogen-bond acceptors (Lipinski definition) is 8. The molecule has 0 bridgehead atoms. The molecule has 0 radical (unpaired) electrons. The Morgan fingerprint density at radius 2 is 1.75 bits per heavy atom. The lowest BCUT2D eigenvalue weighted by molar-refractivity contribution is -0.201. The summed E-state index contributed by atoms with van der Waals surface area (Å²) in [5.74, 6) is 1.79. The normalized spacial score (nSPS) is 30.3. The standard InChI is InChI=1S/C36H58O8/c1-25(2)11-9-12-26(3)13-10-14-31(43-34-15-5-7-17-41-34)36-30-20-27(29(22-37)23-40-24-33(38)39-4)19-28(30)21-32(36)44-35-16-6-8-18-42-35/h11,14,19,26,28-30,32,34-37H,5-10,12-13,15-18,20-24H2,1-4H3/t26-,28?,29?,30?,32-,34?,35?,36+/m1/s1. The second kappa shape index (κ2) is 18.4. The molecule has 0 spiro atoms. The Labute approximate surface area is 265 Å². The van der Waals surface area contributed by atoms with Crippen LogP contribution in [0.25, 0.3) is 0 Å². The Morgan fingerprint density at radius 1 is 1.05 bits per heavy atom. The molecule has 8 nitrogen and oxygen atoms in total. The lowest BCUT2D eigenvalue weighted by Gasteiger charge is -2.34. The number of methoxy groups -OCH3 is 1. The molecule has 0 aromatic heterocycles. The van der Waals surface area contributed by atoms with E-state index in [0.717, 1.165) is 89.6 Å². The van der Waals surface area contributed by atoms with E-state index < -0.39 is 5.97 Å². The van der Waals surface area contributed by atoms with E-state index in [0.29, 0.717) is 17.8 Å². The minimum absolute atomic E-state index is 0.000943. The fourth-order valence-electron chi connectivity index (χ4n) is 7.22. The van der Waals surface area contributed by atoms with Gasteiger partial charge in [0.1, 0.15) is 12.4 Å². The molecule has 0 aromatic carbocycles. The van der Waals surface area contributed by atoms with Crippen LogP contribution in [0.2, 0.25) is 0 Å². The Bertz CT molecular complexity index is 957. The minimum Gasteiger partial charge on any atom is -0.469 e. The molecule has 2 aliphatic heterocycles. The van der Waals surface area contributed by atoms with Gasteiger partial charge in [-0.1, -0.05) is 30.2 Å². The summed E-state index contributed by atoms with van der Waals surface area (Å²) in [5, 5.41) is 10.3. The van der Waals surface area contributed by atoms with Gasteiger partial charge in [-0.2, -0.15) is 0 Å². The van der Waals surface area contributed by atoms with Crippen molar-refractivity contribution in [2.24, 2.45) is 29.6 Å². The van der Waals surface area contributed by atoms with Gasteiger partial charge in [0, 0.05) is 24.9 Å². The minimum atomic E-state index is -0.410. The van der Waals surface area contributed by atoms with E-state index in [1.54, 1.807) is 0 Å². The topological polar surface area (TPSA) is 92.7 Å². The van der Waals surface area contributed by atoms with Gasteiger partial charge in [-0.25, -0.2) is 4.79 Å². The van der Waals surface area contributed by atoms with E-state index >= 15 is 0 Å². The highest BCUT2D eigenvalue weighted by Gasteiger charge is 2.50. The summed E-state index contributed by atoms with van der Waals surface area (Å²) in [6, 6.07) is 0.